The number of hydrogen-bond donors (Lipinski definition) is 1. The third-order valence-corrected chi connectivity index (χ3v) is 3.48. The van der Waals surface area contributed by atoms with Gasteiger partial charge in [0, 0.05) is 24.4 Å². The van der Waals surface area contributed by atoms with Crippen molar-refractivity contribution in [2.75, 3.05) is 17.6 Å². The maximum Gasteiger partial charge on any atom is 0.441 e. The van der Waals surface area contributed by atoms with Crippen molar-refractivity contribution in [3.63, 3.8) is 0 Å². The summed E-state index contributed by atoms with van der Waals surface area (Å²) in [6.45, 7) is -0.162. The van der Waals surface area contributed by atoms with Crippen molar-refractivity contribution in [2.45, 2.75) is 5.51 Å². The van der Waals surface area contributed by atoms with Crippen LogP contribution in [0, 0.1) is 19.5 Å². The lowest BCUT2D eigenvalue weighted by Crippen LogP contribution is -2.11. The number of benzene rings is 1. The van der Waals surface area contributed by atoms with Crippen LogP contribution in [0.4, 0.5) is 28.9 Å². The van der Waals surface area contributed by atoms with Crippen LogP contribution in [0.15, 0.2) is 12.1 Å². The van der Waals surface area contributed by atoms with Crippen LogP contribution in [-0.2, 0) is 0 Å². The second-order valence-electron chi connectivity index (χ2n) is 3.26. The molecule has 19 heavy (non-hydrogen) atoms. The lowest BCUT2D eigenvalue weighted by molar-refractivity contribution is -0.384. The number of hydrogen-bond acceptors (Lipinski definition) is 4. The number of alkyl halides is 3. The first kappa shape index (κ1) is 16.3. The maximum absolute atomic E-state index is 13.3. The molecule has 0 radical (unpaired) electrons. The highest BCUT2D eigenvalue weighted by Crippen LogP contribution is 2.31. The molecule has 0 aliphatic rings. The Morgan fingerprint density at radius 2 is 2.05 bits per heavy atom. The van der Waals surface area contributed by atoms with Crippen LogP contribution in [0.1, 0.15) is 0 Å². The van der Waals surface area contributed by atoms with Crippen LogP contribution < -0.4 is 5.32 Å². The van der Waals surface area contributed by atoms with Crippen LogP contribution in [0.5, 0.6) is 0 Å². The molecule has 106 valence electrons. The lowest BCUT2D eigenvalue weighted by Gasteiger charge is -2.09. The number of anilines is 1. The van der Waals surface area contributed by atoms with Gasteiger partial charge in [-0.3, -0.25) is 10.1 Å². The Morgan fingerprint density at radius 1 is 1.42 bits per heavy atom. The first-order valence-electron chi connectivity index (χ1n) is 4.78. The normalized spacial score (nSPS) is 11.4. The van der Waals surface area contributed by atoms with E-state index in [1.54, 1.807) is 22.6 Å². The van der Waals surface area contributed by atoms with E-state index in [1.165, 1.54) is 0 Å². The first-order chi connectivity index (χ1) is 8.70. The summed E-state index contributed by atoms with van der Waals surface area (Å²) in [6, 6.07) is 1.92. The van der Waals surface area contributed by atoms with Gasteiger partial charge < -0.3 is 5.32 Å². The summed E-state index contributed by atoms with van der Waals surface area (Å²) in [5.74, 6) is -0.994. The Bertz CT molecular complexity index is 484. The second kappa shape index (κ2) is 6.59. The summed E-state index contributed by atoms with van der Waals surface area (Å²) in [5.41, 5.74) is -4.86. The van der Waals surface area contributed by atoms with Crippen LogP contribution in [0.25, 0.3) is 0 Å². The summed E-state index contributed by atoms with van der Waals surface area (Å²) in [6.07, 6.45) is 0. The molecule has 0 bridgehead atoms. The zero-order valence-electron chi connectivity index (χ0n) is 9.13. The fraction of sp³-hybridized carbons (Fsp3) is 0.333. The third kappa shape index (κ3) is 5.38. The lowest BCUT2D eigenvalue weighted by atomic mass is 10.2. The van der Waals surface area contributed by atoms with Crippen molar-refractivity contribution < 1.29 is 22.5 Å². The molecule has 4 nitrogen and oxygen atoms in total. The van der Waals surface area contributed by atoms with Gasteiger partial charge in [0.25, 0.3) is 5.69 Å². The Labute approximate surface area is 123 Å². The van der Waals surface area contributed by atoms with Gasteiger partial charge in [-0.25, -0.2) is 4.39 Å². The van der Waals surface area contributed by atoms with Crippen molar-refractivity contribution in [3.05, 3.63) is 31.6 Å². The van der Waals surface area contributed by atoms with Crippen LogP contribution in [0.3, 0.4) is 0 Å². The molecule has 0 fully saturated rings. The van der Waals surface area contributed by atoms with Gasteiger partial charge in [-0.15, -0.1) is 0 Å². The average molecular weight is 410 g/mol. The highest BCUT2D eigenvalue weighted by Gasteiger charge is 2.27. The van der Waals surface area contributed by atoms with Gasteiger partial charge in [-0.2, -0.15) is 13.2 Å². The van der Waals surface area contributed by atoms with Gasteiger partial charge in [-0.05, 0) is 34.4 Å². The Kier molecular flexibility index (Phi) is 5.64. The molecule has 1 aromatic carbocycles. The number of rotatable bonds is 5. The minimum Gasteiger partial charge on any atom is -0.379 e. The number of halogens is 5. The quantitative estimate of drug-likeness (QED) is 0.262. The van der Waals surface area contributed by atoms with E-state index in [9.17, 15) is 27.7 Å². The fourth-order valence-corrected chi connectivity index (χ4v) is 2.07. The second-order valence-corrected chi connectivity index (χ2v) is 5.58. The predicted octanol–water partition coefficient (Wildman–Crippen LogP) is 4.00. The molecule has 1 N–H and O–H groups in total. The van der Waals surface area contributed by atoms with Crippen molar-refractivity contribution in [1.82, 2.24) is 0 Å². The van der Waals surface area contributed by atoms with Crippen LogP contribution in [-0.4, -0.2) is 22.7 Å². The summed E-state index contributed by atoms with van der Waals surface area (Å²) >= 11 is 1.34. The molecule has 0 unspecified atom stereocenters. The number of nitro groups is 1. The van der Waals surface area contributed by atoms with E-state index in [1.807, 2.05) is 0 Å². The molecule has 0 aliphatic heterocycles. The highest BCUT2D eigenvalue weighted by atomic mass is 127. The van der Waals surface area contributed by atoms with Gasteiger partial charge in [0.05, 0.1) is 8.49 Å². The number of thioether (sulfide) groups is 1. The van der Waals surface area contributed by atoms with Gasteiger partial charge >= 0.3 is 5.51 Å². The minimum atomic E-state index is -4.36. The van der Waals surface area contributed by atoms with Crippen LogP contribution in [0.2, 0.25) is 0 Å². The smallest absolute Gasteiger partial charge is 0.379 e. The topological polar surface area (TPSA) is 55.2 Å². The van der Waals surface area contributed by atoms with E-state index in [2.05, 4.69) is 5.32 Å². The molecule has 0 aromatic heterocycles. The first-order valence-corrected chi connectivity index (χ1v) is 6.85. The molecule has 0 heterocycles. The fourth-order valence-electron chi connectivity index (χ4n) is 1.18. The van der Waals surface area contributed by atoms with E-state index >= 15 is 0 Å². The Morgan fingerprint density at radius 3 is 2.58 bits per heavy atom. The summed E-state index contributed by atoms with van der Waals surface area (Å²) in [4.78, 5) is 10.0. The molecular weight excluding hydrogens is 403 g/mol. The van der Waals surface area contributed by atoms with E-state index in [0.717, 1.165) is 12.1 Å². The monoisotopic (exact) mass is 410 g/mol. The molecule has 0 spiro atoms. The SMILES string of the molecule is O=[N+]([O-])c1cc(I)c(F)cc1NCCSC(F)(F)F. The van der Waals surface area contributed by atoms with Crippen molar-refractivity contribution >= 4 is 45.7 Å². The minimum absolute atomic E-state index is 0.0690. The van der Waals surface area contributed by atoms with E-state index in [4.69, 9.17) is 0 Å². The number of nitrogens with zero attached hydrogens (tertiary/aromatic N) is 1. The van der Waals surface area contributed by atoms with E-state index in [-0.39, 0.29) is 39.0 Å². The van der Waals surface area contributed by atoms with Gasteiger partial charge in [0.2, 0.25) is 0 Å². The Hall–Kier alpha value is -0.780. The largest absolute Gasteiger partial charge is 0.441 e. The van der Waals surface area contributed by atoms with E-state index < -0.39 is 16.2 Å². The standard InChI is InChI=1S/C9H7F4IN2O2S/c10-5-3-7(8(16(17)18)4-6(5)14)15-1-2-19-9(11,12)13/h3-4,15H,1-2H2. The maximum atomic E-state index is 13.3. The van der Waals surface area contributed by atoms with Crippen molar-refractivity contribution in [1.29, 1.82) is 0 Å². The Balaban J connectivity index is 2.72. The molecule has 1 aromatic rings. The van der Waals surface area contributed by atoms with Crippen molar-refractivity contribution in [3.8, 4) is 0 Å². The predicted molar refractivity (Wildman–Crippen MR) is 72.8 cm³/mol. The average Bonchev–Trinajstić information content (AvgIpc) is 2.27. The molecule has 1 rings (SSSR count). The summed E-state index contributed by atoms with van der Waals surface area (Å²) < 4.78 is 49.0. The molecule has 0 atom stereocenters. The molecular formula is C9H7F4IN2O2S. The molecule has 0 amide bonds. The molecule has 0 saturated carbocycles. The van der Waals surface area contributed by atoms with Gasteiger partial charge in [0.15, 0.2) is 0 Å². The summed E-state index contributed by atoms with van der Waals surface area (Å²) in [7, 11) is 0. The molecule has 10 heteroatoms. The van der Waals surface area contributed by atoms with Crippen LogP contribution >= 0.6 is 34.4 Å². The zero-order valence-corrected chi connectivity index (χ0v) is 12.1. The van der Waals surface area contributed by atoms with Gasteiger partial charge in [-0.1, -0.05) is 0 Å². The molecule has 0 saturated heterocycles. The third-order valence-electron chi connectivity index (χ3n) is 1.92. The zero-order chi connectivity index (χ0) is 14.6. The number of nitrogens with one attached hydrogen (secondary N) is 1. The van der Waals surface area contributed by atoms with Gasteiger partial charge in [0.1, 0.15) is 11.5 Å². The summed E-state index contributed by atoms with van der Waals surface area (Å²) in [5, 5.41) is 13.2. The van der Waals surface area contributed by atoms with E-state index in [0.29, 0.717) is 0 Å². The van der Waals surface area contributed by atoms with Crippen molar-refractivity contribution in [2.24, 2.45) is 0 Å². The highest BCUT2D eigenvalue weighted by molar-refractivity contribution is 14.1. The molecule has 0 aliphatic carbocycles. The number of nitro benzene ring substituents is 1.